The first-order valence-corrected chi connectivity index (χ1v) is 12.7. The van der Waals surface area contributed by atoms with E-state index in [1.165, 1.54) is 44.9 Å². The lowest BCUT2D eigenvalue weighted by Gasteiger charge is -2.59. The standard InChI is InChI=1S/C27H46O2/c1-6-20(28)9-7-18(2)22-11-12-23-21-10-8-19-17-25(3,29)15-16-26(19,4)24(21)13-14-27(22,23)5/h8,18,20-24,28-29H,6-7,9-17H2,1-5H3/t18-,20-,21?,22-,23+,24+,25+,26+,27-/m1/s1. The van der Waals surface area contributed by atoms with E-state index < -0.39 is 5.60 Å². The fourth-order valence-corrected chi connectivity index (χ4v) is 8.64. The topological polar surface area (TPSA) is 40.5 Å². The average molecular weight is 403 g/mol. The van der Waals surface area contributed by atoms with Crippen molar-refractivity contribution in [2.24, 2.45) is 40.4 Å². The average Bonchev–Trinajstić information content (AvgIpc) is 3.03. The van der Waals surface area contributed by atoms with Gasteiger partial charge in [-0.05, 0) is 118 Å². The van der Waals surface area contributed by atoms with Crippen LogP contribution >= 0.6 is 0 Å². The van der Waals surface area contributed by atoms with Crippen LogP contribution in [0.4, 0.5) is 0 Å². The molecule has 1 unspecified atom stereocenters. The molecule has 0 saturated heterocycles. The molecular weight excluding hydrogens is 356 g/mol. The zero-order chi connectivity index (χ0) is 21.0. The van der Waals surface area contributed by atoms with E-state index in [4.69, 9.17) is 0 Å². The number of aliphatic hydroxyl groups is 2. The van der Waals surface area contributed by atoms with Crippen molar-refractivity contribution in [3.8, 4) is 0 Å². The van der Waals surface area contributed by atoms with Crippen LogP contribution in [-0.2, 0) is 0 Å². The molecule has 0 aliphatic heterocycles. The lowest BCUT2D eigenvalue weighted by Crippen LogP contribution is -2.52. The predicted molar refractivity (Wildman–Crippen MR) is 121 cm³/mol. The minimum absolute atomic E-state index is 0.108. The van der Waals surface area contributed by atoms with Gasteiger partial charge in [0.05, 0.1) is 11.7 Å². The molecule has 0 aromatic carbocycles. The van der Waals surface area contributed by atoms with Crippen LogP contribution in [0.3, 0.4) is 0 Å². The molecule has 166 valence electrons. The van der Waals surface area contributed by atoms with Gasteiger partial charge in [-0.25, -0.2) is 0 Å². The molecule has 29 heavy (non-hydrogen) atoms. The zero-order valence-corrected chi connectivity index (χ0v) is 19.7. The minimum atomic E-state index is -0.488. The van der Waals surface area contributed by atoms with E-state index >= 15 is 0 Å². The van der Waals surface area contributed by atoms with Crippen molar-refractivity contribution < 1.29 is 10.2 Å². The second kappa shape index (κ2) is 7.66. The summed E-state index contributed by atoms with van der Waals surface area (Å²) in [6, 6.07) is 0. The SMILES string of the molecule is CC[C@@H](O)CC[C@@H](C)[C@H]1CC[C@H]2C3CC=C4C[C@@](C)(O)CC[C@]4(C)[C@H]3CC[C@]12C. The monoisotopic (exact) mass is 402 g/mol. The Hall–Kier alpha value is -0.340. The van der Waals surface area contributed by atoms with Crippen LogP contribution in [0.1, 0.15) is 105 Å². The molecule has 2 N–H and O–H groups in total. The van der Waals surface area contributed by atoms with E-state index in [2.05, 4.69) is 33.8 Å². The van der Waals surface area contributed by atoms with Crippen LogP contribution in [0.15, 0.2) is 11.6 Å². The highest BCUT2D eigenvalue weighted by Crippen LogP contribution is 2.67. The second-order valence-electron chi connectivity index (χ2n) is 12.3. The molecule has 0 heterocycles. The zero-order valence-electron chi connectivity index (χ0n) is 19.7. The molecule has 0 radical (unpaired) electrons. The molecule has 3 fully saturated rings. The normalized spacial score (nSPS) is 48.9. The van der Waals surface area contributed by atoms with Gasteiger partial charge in [-0.3, -0.25) is 0 Å². The Kier molecular flexibility index (Phi) is 5.78. The van der Waals surface area contributed by atoms with E-state index in [0.717, 1.165) is 55.3 Å². The summed E-state index contributed by atoms with van der Waals surface area (Å²) >= 11 is 0. The number of allylic oxidation sites excluding steroid dienone is 1. The van der Waals surface area contributed by atoms with Gasteiger partial charge in [0.1, 0.15) is 0 Å². The van der Waals surface area contributed by atoms with Gasteiger partial charge in [0.15, 0.2) is 0 Å². The van der Waals surface area contributed by atoms with E-state index in [-0.39, 0.29) is 6.10 Å². The first-order chi connectivity index (χ1) is 13.6. The fourth-order valence-electron chi connectivity index (χ4n) is 8.64. The number of fused-ring (bicyclic) bond motifs is 5. The number of aliphatic hydroxyl groups excluding tert-OH is 1. The summed E-state index contributed by atoms with van der Waals surface area (Å²) in [6.07, 6.45) is 15.4. The molecular formula is C27H46O2. The first kappa shape index (κ1) is 21.9. The van der Waals surface area contributed by atoms with Crippen molar-refractivity contribution in [1.29, 1.82) is 0 Å². The summed E-state index contributed by atoms with van der Waals surface area (Å²) < 4.78 is 0. The van der Waals surface area contributed by atoms with Crippen molar-refractivity contribution in [3.05, 3.63) is 11.6 Å². The molecule has 4 aliphatic carbocycles. The molecule has 2 nitrogen and oxygen atoms in total. The Morgan fingerprint density at radius 2 is 1.79 bits per heavy atom. The largest absolute Gasteiger partial charge is 0.393 e. The molecule has 2 heteroatoms. The maximum atomic E-state index is 10.7. The molecule has 0 spiro atoms. The van der Waals surface area contributed by atoms with Crippen LogP contribution in [0.25, 0.3) is 0 Å². The molecule has 0 amide bonds. The van der Waals surface area contributed by atoms with Gasteiger partial charge in [-0.15, -0.1) is 0 Å². The van der Waals surface area contributed by atoms with Gasteiger partial charge in [-0.2, -0.15) is 0 Å². The van der Waals surface area contributed by atoms with Gasteiger partial charge in [0, 0.05) is 0 Å². The molecule has 9 atom stereocenters. The van der Waals surface area contributed by atoms with Gasteiger partial charge < -0.3 is 10.2 Å². The summed E-state index contributed by atoms with van der Waals surface area (Å²) in [4.78, 5) is 0. The van der Waals surface area contributed by atoms with E-state index in [1.807, 2.05) is 6.92 Å². The maximum absolute atomic E-state index is 10.7. The summed E-state index contributed by atoms with van der Waals surface area (Å²) in [7, 11) is 0. The molecule has 0 aromatic heterocycles. The third kappa shape index (κ3) is 3.65. The Morgan fingerprint density at radius 1 is 1.03 bits per heavy atom. The highest BCUT2D eigenvalue weighted by Gasteiger charge is 2.59. The third-order valence-electron chi connectivity index (χ3n) is 10.6. The van der Waals surface area contributed by atoms with Crippen molar-refractivity contribution in [2.45, 2.75) is 117 Å². The van der Waals surface area contributed by atoms with Crippen LogP contribution < -0.4 is 0 Å². The fraction of sp³-hybridized carbons (Fsp3) is 0.926. The minimum Gasteiger partial charge on any atom is -0.393 e. The molecule has 0 aromatic rings. The summed E-state index contributed by atoms with van der Waals surface area (Å²) in [5.74, 6) is 4.12. The Bertz CT molecular complexity index is 636. The van der Waals surface area contributed by atoms with Crippen LogP contribution in [0.5, 0.6) is 0 Å². The molecule has 3 saturated carbocycles. The van der Waals surface area contributed by atoms with Gasteiger partial charge >= 0.3 is 0 Å². The number of hydrogen-bond donors (Lipinski definition) is 2. The lowest BCUT2D eigenvalue weighted by molar-refractivity contribution is -0.0708. The second-order valence-corrected chi connectivity index (χ2v) is 12.3. The van der Waals surface area contributed by atoms with Crippen molar-refractivity contribution in [2.75, 3.05) is 0 Å². The van der Waals surface area contributed by atoms with E-state index in [1.54, 1.807) is 5.57 Å². The number of hydrogen-bond acceptors (Lipinski definition) is 2. The quantitative estimate of drug-likeness (QED) is 0.515. The lowest BCUT2D eigenvalue weighted by atomic mass is 9.46. The van der Waals surface area contributed by atoms with Crippen LogP contribution in [0.2, 0.25) is 0 Å². The van der Waals surface area contributed by atoms with Crippen molar-refractivity contribution >= 4 is 0 Å². The van der Waals surface area contributed by atoms with E-state index in [0.29, 0.717) is 10.8 Å². The molecule has 4 rings (SSSR count). The number of rotatable bonds is 5. The Labute approximate surface area is 179 Å². The van der Waals surface area contributed by atoms with Crippen LogP contribution in [0, 0.1) is 40.4 Å². The van der Waals surface area contributed by atoms with E-state index in [9.17, 15) is 10.2 Å². The van der Waals surface area contributed by atoms with Gasteiger partial charge in [0.2, 0.25) is 0 Å². The molecule has 4 aliphatic rings. The highest BCUT2D eigenvalue weighted by molar-refractivity contribution is 5.26. The summed E-state index contributed by atoms with van der Waals surface area (Å²) in [5, 5.41) is 20.7. The summed E-state index contributed by atoms with van der Waals surface area (Å²) in [5.41, 5.74) is 1.93. The third-order valence-corrected chi connectivity index (χ3v) is 10.6. The molecule has 0 bridgehead atoms. The van der Waals surface area contributed by atoms with Crippen molar-refractivity contribution in [3.63, 3.8) is 0 Å². The Balaban J connectivity index is 1.51. The van der Waals surface area contributed by atoms with Crippen LogP contribution in [-0.4, -0.2) is 21.9 Å². The first-order valence-electron chi connectivity index (χ1n) is 12.7. The predicted octanol–water partition coefficient (Wildman–Crippen LogP) is 6.50. The van der Waals surface area contributed by atoms with Gasteiger partial charge in [-0.1, -0.05) is 39.3 Å². The van der Waals surface area contributed by atoms with Crippen molar-refractivity contribution in [1.82, 2.24) is 0 Å². The maximum Gasteiger partial charge on any atom is 0.0657 e. The smallest absolute Gasteiger partial charge is 0.0657 e. The Morgan fingerprint density at radius 3 is 2.52 bits per heavy atom. The van der Waals surface area contributed by atoms with Gasteiger partial charge in [0.25, 0.3) is 0 Å². The highest BCUT2D eigenvalue weighted by atomic mass is 16.3. The summed E-state index contributed by atoms with van der Waals surface area (Å²) in [6.45, 7) is 11.8.